The molecule has 0 amide bonds. The highest BCUT2D eigenvalue weighted by atomic mass is 16.5. The zero-order valence-corrected chi connectivity index (χ0v) is 12.9. The molecule has 1 saturated heterocycles. The highest BCUT2D eigenvalue weighted by molar-refractivity contribution is 5.89. The van der Waals surface area contributed by atoms with Gasteiger partial charge in [0.2, 0.25) is 5.88 Å². The first-order valence-corrected chi connectivity index (χ1v) is 7.86. The lowest BCUT2D eigenvalue weighted by Gasteiger charge is -2.22. The summed E-state index contributed by atoms with van der Waals surface area (Å²) in [6, 6.07) is 12.4. The predicted octanol–water partition coefficient (Wildman–Crippen LogP) is 2.83. The van der Waals surface area contributed by atoms with Crippen molar-refractivity contribution in [2.75, 3.05) is 19.7 Å². The van der Waals surface area contributed by atoms with E-state index in [0.717, 1.165) is 37.2 Å². The average Bonchev–Trinajstić information content (AvgIpc) is 2.61. The summed E-state index contributed by atoms with van der Waals surface area (Å²) in [4.78, 5) is 15.6. The summed E-state index contributed by atoms with van der Waals surface area (Å²) in [6.45, 7) is 2.76. The molecule has 0 radical (unpaired) electrons. The number of nitrogens with one attached hydrogen (secondary N) is 1. The monoisotopic (exact) mass is 312 g/mol. The number of carboxylic acids is 1. The van der Waals surface area contributed by atoms with Crippen molar-refractivity contribution in [2.45, 2.75) is 12.8 Å². The molecule has 1 aromatic heterocycles. The van der Waals surface area contributed by atoms with Gasteiger partial charge in [0.25, 0.3) is 0 Å². The zero-order chi connectivity index (χ0) is 16.1. The van der Waals surface area contributed by atoms with Gasteiger partial charge in [-0.3, -0.25) is 0 Å². The summed E-state index contributed by atoms with van der Waals surface area (Å²) < 4.78 is 5.83. The molecule has 0 saturated carbocycles. The van der Waals surface area contributed by atoms with Crippen molar-refractivity contribution in [1.29, 1.82) is 0 Å². The van der Waals surface area contributed by atoms with Gasteiger partial charge >= 0.3 is 5.97 Å². The third-order valence-corrected chi connectivity index (χ3v) is 4.05. The van der Waals surface area contributed by atoms with Crippen molar-refractivity contribution in [3.05, 3.63) is 48.0 Å². The topological polar surface area (TPSA) is 71.5 Å². The molecule has 1 aromatic carbocycles. The summed E-state index contributed by atoms with van der Waals surface area (Å²) in [7, 11) is 0. The molecule has 0 atom stereocenters. The normalized spacial score (nSPS) is 15.3. The Balaban J connectivity index is 1.71. The van der Waals surface area contributed by atoms with Crippen molar-refractivity contribution < 1.29 is 14.6 Å². The van der Waals surface area contributed by atoms with Crippen molar-refractivity contribution in [2.24, 2.45) is 5.92 Å². The van der Waals surface area contributed by atoms with E-state index in [9.17, 15) is 4.79 Å². The van der Waals surface area contributed by atoms with Crippen LogP contribution in [0.5, 0.6) is 5.88 Å². The fraction of sp³-hybridized carbons (Fsp3) is 0.333. The van der Waals surface area contributed by atoms with Crippen LogP contribution in [0.1, 0.15) is 23.2 Å². The van der Waals surface area contributed by atoms with E-state index in [2.05, 4.69) is 10.3 Å². The minimum absolute atomic E-state index is 0.255. The molecule has 23 heavy (non-hydrogen) atoms. The molecule has 3 rings (SSSR count). The van der Waals surface area contributed by atoms with Gasteiger partial charge in [0.15, 0.2) is 0 Å². The molecule has 0 spiro atoms. The number of rotatable bonds is 5. The summed E-state index contributed by atoms with van der Waals surface area (Å²) in [6.07, 6.45) is 2.25. The molecule has 0 aliphatic carbocycles. The standard InChI is InChI=1S/C18H20N2O3/c21-18(22)15-4-1-3-14(11-15)16-5-2-6-17(20-16)23-12-13-7-9-19-10-8-13/h1-6,11,13,19H,7-10,12H2,(H,21,22). The van der Waals surface area contributed by atoms with E-state index in [0.29, 0.717) is 18.4 Å². The lowest BCUT2D eigenvalue weighted by Crippen LogP contribution is -2.30. The van der Waals surface area contributed by atoms with E-state index in [4.69, 9.17) is 9.84 Å². The third kappa shape index (κ3) is 4.07. The average molecular weight is 312 g/mol. The molecule has 120 valence electrons. The quantitative estimate of drug-likeness (QED) is 0.888. The highest BCUT2D eigenvalue weighted by Crippen LogP contribution is 2.22. The number of benzene rings is 1. The molecule has 5 heteroatoms. The van der Waals surface area contributed by atoms with Crippen LogP contribution in [0.25, 0.3) is 11.3 Å². The van der Waals surface area contributed by atoms with Crippen LogP contribution in [0.15, 0.2) is 42.5 Å². The molecule has 1 aliphatic rings. The van der Waals surface area contributed by atoms with Crippen molar-refractivity contribution >= 4 is 5.97 Å². The van der Waals surface area contributed by atoms with Crippen molar-refractivity contribution in [3.63, 3.8) is 0 Å². The maximum absolute atomic E-state index is 11.1. The summed E-state index contributed by atoms with van der Waals surface area (Å²) in [5, 5.41) is 12.4. The Kier molecular flexibility index (Phi) is 4.88. The largest absolute Gasteiger partial charge is 0.478 e. The number of aromatic nitrogens is 1. The van der Waals surface area contributed by atoms with E-state index < -0.39 is 5.97 Å². The molecule has 2 N–H and O–H groups in total. The van der Waals surface area contributed by atoms with Crippen LogP contribution in [0.4, 0.5) is 0 Å². The van der Waals surface area contributed by atoms with Crippen molar-refractivity contribution in [1.82, 2.24) is 10.3 Å². The minimum Gasteiger partial charge on any atom is -0.478 e. The molecule has 0 bridgehead atoms. The lowest BCUT2D eigenvalue weighted by molar-refractivity contribution is 0.0697. The van der Waals surface area contributed by atoms with Crippen LogP contribution >= 0.6 is 0 Å². The molecule has 2 heterocycles. The van der Waals surface area contributed by atoms with Gasteiger partial charge in [-0.1, -0.05) is 18.2 Å². The van der Waals surface area contributed by atoms with Crippen LogP contribution in [-0.2, 0) is 0 Å². The second kappa shape index (κ2) is 7.24. The Morgan fingerprint density at radius 1 is 1.22 bits per heavy atom. The Hall–Kier alpha value is -2.40. The van der Waals surface area contributed by atoms with E-state index in [1.807, 2.05) is 24.3 Å². The minimum atomic E-state index is -0.940. The summed E-state index contributed by atoms with van der Waals surface area (Å²) >= 11 is 0. The first-order valence-electron chi connectivity index (χ1n) is 7.86. The van der Waals surface area contributed by atoms with Gasteiger partial charge in [0.1, 0.15) is 0 Å². The number of hydrogen-bond acceptors (Lipinski definition) is 4. The number of carboxylic acid groups (broad SMARTS) is 1. The molecule has 1 aliphatic heterocycles. The number of carbonyl (C=O) groups is 1. The number of aromatic carboxylic acids is 1. The van der Waals surface area contributed by atoms with E-state index >= 15 is 0 Å². The Bertz CT molecular complexity index is 681. The Morgan fingerprint density at radius 3 is 2.78 bits per heavy atom. The van der Waals surface area contributed by atoms with Gasteiger partial charge < -0.3 is 15.2 Å². The predicted molar refractivity (Wildman–Crippen MR) is 87.7 cm³/mol. The first-order chi connectivity index (χ1) is 11.2. The fourth-order valence-electron chi connectivity index (χ4n) is 2.72. The molecule has 0 unspecified atom stereocenters. The van der Waals surface area contributed by atoms with Crippen LogP contribution < -0.4 is 10.1 Å². The lowest BCUT2D eigenvalue weighted by atomic mass is 9.99. The summed E-state index contributed by atoms with van der Waals surface area (Å²) in [5.74, 6) is 0.212. The third-order valence-electron chi connectivity index (χ3n) is 4.05. The maximum Gasteiger partial charge on any atom is 0.335 e. The number of hydrogen-bond donors (Lipinski definition) is 2. The number of nitrogens with zero attached hydrogens (tertiary/aromatic N) is 1. The van der Waals surface area contributed by atoms with E-state index in [1.165, 1.54) is 0 Å². The van der Waals surface area contributed by atoms with Gasteiger partial charge in [-0.05, 0) is 50.0 Å². The van der Waals surface area contributed by atoms with Gasteiger partial charge in [0.05, 0.1) is 17.9 Å². The Morgan fingerprint density at radius 2 is 2.00 bits per heavy atom. The molecular formula is C18H20N2O3. The number of piperidine rings is 1. The van der Waals surface area contributed by atoms with Crippen LogP contribution in [0.3, 0.4) is 0 Å². The molecule has 2 aromatic rings. The van der Waals surface area contributed by atoms with Gasteiger partial charge in [-0.25, -0.2) is 9.78 Å². The highest BCUT2D eigenvalue weighted by Gasteiger charge is 2.14. The van der Waals surface area contributed by atoms with Gasteiger partial charge in [-0.15, -0.1) is 0 Å². The SMILES string of the molecule is O=C(O)c1cccc(-c2cccc(OCC3CCNCC3)n2)c1. The first kappa shape index (κ1) is 15.5. The molecule has 1 fully saturated rings. The van der Waals surface area contributed by atoms with Gasteiger partial charge in [-0.2, -0.15) is 0 Å². The van der Waals surface area contributed by atoms with Gasteiger partial charge in [0, 0.05) is 11.6 Å². The smallest absolute Gasteiger partial charge is 0.335 e. The molecular weight excluding hydrogens is 292 g/mol. The second-order valence-corrected chi connectivity index (χ2v) is 5.75. The fourth-order valence-corrected chi connectivity index (χ4v) is 2.72. The Labute approximate surface area is 135 Å². The van der Waals surface area contributed by atoms with Crippen LogP contribution in [0.2, 0.25) is 0 Å². The zero-order valence-electron chi connectivity index (χ0n) is 12.9. The summed E-state index contributed by atoms with van der Waals surface area (Å²) in [5.41, 5.74) is 1.75. The van der Waals surface area contributed by atoms with Crippen LogP contribution in [-0.4, -0.2) is 35.8 Å². The maximum atomic E-state index is 11.1. The van der Waals surface area contributed by atoms with E-state index in [1.54, 1.807) is 18.2 Å². The molecule has 5 nitrogen and oxygen atoms in total. The van der Waals surface area contributed by atoms with E-state index in [-0.39, 0.29) is 5.56 Å². The van der Waals surface area contributed by atoms with Crippen molar-refractivity contribution in [3.8, 4) is 17.1 Å². The number of pyridine rings is 1. The van der Waals surface area contributed by atoms with Crippen LogP contribution in [0, 0.1) is 5.92 Å². The number of ether oxygens (including phenoxy) is 1. The second-order valence-electron chi connectivity index (χ2n) is 5.75.